The third-order valence-electron chi connectivity index (χ3n) is 4.08. The van der Waals surface area contributed by atoms with Crippen molar-refractivity contribution in [1.29, 1.82) is 0 Å². The van der Waals surface area contributed by atoms with Crippen molar-refractivity contribution >= 4 is 16.1 Å². The molecule has 162 valence electrons. The first-order chi connectivity index (χ1) is 12.7. The second-order valence-electron chi connectivity index (χ2n) is 6.76. The molecular formula is C20H39KO6S. The number of unbranched alkanes of at least 4 members (excludes halogenated alkanes) is 8. The Labute approximate surface area is 214 Å². The molecular weight excluding hydrogens is 407 g/mol. The average Bonchev–Trinajstić information content (AvgIpc) is 2.60. The van der Waals surface area contributed by atoms with Crippen LogP contribution < -0.4 is 51.4 Å². The fourth-order valence-electron chi connectivity index (χ4n) is 2.36. The summed E-state index contributed by atoms with van der Waals surface area (Å²) in [6, 6.07) is 0. The van der Waals surface area contributed by atoms with E-state index in [-0.39, 0.29) is 63.2 Å². The Hall–Kier alpha value is 0.716. The van der Waals surface area contributed by atoms with Crippen molar-refractivity contribution < 1.29 is 79.4 Å². The van der Waals surface area contributed by atoms with Crippen molar-refractivity contribution in [2.75, 3.05) is 5.75 Å². The van der Waals surface area contributed by atoms with Gasteiger partial charge in [0, 0.05) is 12.2 Å². The number of aliphatic hydroxyl groups excluding tert-OH is 1. The molecule has 1 atom stereocenters. The molecule has 2 N–H and O–H groups in total. The van der Waals surface area contributed by atoms with Gasteiger partial charge in [-0.15, -0.1) is 0 Å². The Morgan fingerprint density at radius 1 is 0.964 bits per heavy atom. The van der Waals surface area contributed by atoms with Crippen molar-refractivity contribution in [3.05, 3.63) is 12.2 Å². The van der Waals surface area contributed by atoms with E-state index in [1.54, 1.807) is 0 Å². The maximum Gasteiger partial charge on any atom is 1.00 e. The van der Waals surface area contributed by atoms with Gasteiger partial charge in [0.15, 0.2) is 0 Å². The van der Waals surface area contributed by atoms with E-state index in [1.807, 2.05) is 0 Å². The summed E-state index contributed by atoms with van der Waals surface area (Å²) in [6.45, 7) is 3.51. The van der Waals surface area contributed by atoms with Gasteiger partial charge in [0.25, 0.3) is 0 Å². The van der Waals surface area contributed by atoms with Crippen LogP contribution in [0.2, 0.25) is 0 Å². The molecule has 0 rings (SSSR count). The van der Waals surface area contributed by atoms with Gasteiger partial charge in [-0.1, -0.05) is 70.9 Å². The van der Waals surface area contributed by atoms with Crippen LogP contribution >= 0.6 is 0 Å². The van der Waals surface area contributed by atoms with Crippen molar-refractivity contribution in [1.82, 2.24) is 0 Å². The van der Waals surface area contributed by atoms with Crippen molar-refractivity contribution in [2.45, 2.75) is 103 Å². The molecule has 1 unspecified atom stereocenters. The van der Waals surface area contributed by atoms with E-state index in [0.717, 1.165) is 51.4 Å². The van der Waals surface area contributed by atoms with Crippen LogP contribution in [0, 0.1) is 0 Å². The summed E-state index contributed by atoms with van der Waals surface area (Å²) < 4.78 is 28.3. The summed E-state index contributed by atoms with van der Waals surface area (Å²) in [5, 5.41) is 18.3. The Bertz CT molecular complexity index is 465. The van der Waals surface area contributed by atoms with Crippen LogP contribution in [0.3, 0.4) is 0 Å². The van der Waals surface area contributed by atoms with Crippen LogP contribution in [0.1, 0.15) is 97.3 Å². The number of allylic oxidation sites excluding steroid dienone is 1. The van der Waals surface area contributed by atoms with E-state index in [0.29, 0.717) is 6.42 Å². The molecule has 8 heteroatoms. The smallest absolute Gasteiger partial charge is 0.748 e. The minimum Gasteiger partial charge on any atom is -0.748 e. The molecule has 0 bridgehead atoms. The van der Waals surface area contributed by atoms with E-state index in [9.17, 15) is 22.9 Å². The maximum atomic E-state index is 10.3. The number of carbonyl (C=O) groups is 1. The zero-order valence-electron chi connectivity index (χ0n) is 18.1. The van der Waals surface area contributed by atoms with Gasteiger partial charge in [0.1, 0.15) is 0 Å². The number of hydrogen-bond acceptors (Lipinski definition) is 5. The number of aliphatic carboxylic acids is 1. The first-order valence-electron chi connectivity index (χ1n) is 10.2. The summed E-state index contributed by atoms with van der Waals surface area (Å²) in [5.41, 5.74) is 0. The number of rotatable bonds is 16. The molecule has 0 saturated heterocycles. The number of carboxylic acids is 1. The molecule has 0 aliphatic heterocycles. The molecule has 6 nitrogen and oxygen atoms in total. The zero-order chi connectivity index (χ0) is 21.0. The van der Waals surface area contributed by atoms with Gasteiger partial charge in [0.05, 0.1) is 16.2 Å². The van der Waals surface area contributed by atoms with Gasteiger partial charge in [0.2, 0.25) is 0 Å². The van der Waals surface area contributed by atoms with Gasteiger partial charge in [-0.05, 0) is 32.1 Å². The molecule has 0 amide bonds. The Balaban J connectivity index is -0.000000771. The number of carboxylic acid groups (broad SMARTS) is 1. The van der Waals surface area contributed by atoms with Crippen molar-refractivity contribution in [3.63, 3.8) is 0 Å². The Morgan fingerprint density at radius 2 is 1.50 bits per heavy atom. The molecule has 28 heavy (non-hydrogen) atoms. The van der Waals surface area contributed by atoms with E-state index in [4.69, 9.17) is 5.11 Å². The van der Waals surface area contributed by atoms with Crippen LogP contribution in [0.25, 0.3) is 0 Å². The third-order valence-corrected chi connectivity index (χ3v) is 4.79. The van der Waals surface area contributed by atoms with Crippen molar-refractivity contribution in [3.8, 4) is 0 Å². The fraction of sp³-hybridized carbons (Fsp3) is 0.850. The van der Waals surface area contributed by atoms with E-state index in [2.05, 4.69) is 19.1 Å². The van der Waals surface area contributed by atoms with Gasteiger partial charge < -0.3 is 14.8 Å². The van der Waals surface area contributed by atoms with Gasteiger partial charge in [-0.25, -0.2) is 8.42 Å². The molecule has 0 aliphatic carbocycles. The summed E-state index contributed by atoms with van der Waals surface area (Å²) in [4.78, 5) is 10.3. The summed E-state index contributed by atoms with van der Waals surface area (Å²) in [7, 11) is -3.91. The van der Waals surface area contributed by atoms with Crippen LogP contribution in [0.5, 0.6) is 0 Å². The monoisotopic (exact) mass is 446 g/mol. The van der Waals surface area contributed by atoms with Gasteiger partial charge in [-0.2, -0.15) is 0 Å². The van der Waals surface area contributed by atoms with Crippen LogP contribution in [0.15, 0.2) is 12.2 Å². The first kappa shape index (κ1) is 33.4. The quantitative estimate of drug-likeness (QED) is 0.161. The second kappa shape index (κ2) is 24.0. The summed E-state index contributed by atoms with van der Waals surface area (Å²) in [5.74, 6) is -1.00. The van der Waals surface area contributed by atoms with E-state index < -0.39 is 16.1 Å². The predicted octanol–water partition coefficient (Wildman–Crippen LogP) is 1.63. The molecule has 0 aromatic carbocycles. The topological polar surface area (TPSA) is 115 Å². The van der Waals surface area contributed by atoms with Crippen LogP contribution in [0.4, 0.5) is 0 Å². The molecule has 0 spiro atoms. The first-order valence-corrected chi connectivity index (χ1v) is 11.8. The molecule has 0 saturated carbocycles. The molecule has 0 fully saturated rings. The predicted molar refractivity (Wildman–Crippen MR) is 109 cm³/mol. The fourth-order valence-corrected chi connectivity index (χ4v) is 2.36. The Morgan fingerprint density at radius 3 is 2.04 bits per heavy atom. The SMILES string of the molecule is CCCCCCC(O)C/C=C\CCCCCCCC(=O)O.CCS(=O)(=O)[O-].[K+]. The van der Waals surface area contributed by atoms with Gasteiger partial charge >= 0.3 is 57.4 Å². The molecule has 0 heterocycles. The standard InChI is InChI=1S/C18H34O3.C2H6O3S.K/c1-2-3-4-11-14-17(19)15-12-9-7-5-6-8-10-13-16-18(20)21;1-2-6(3,4)5;/h9,12,17,19H,2-8,10-11,13-16H2,1H3,(H,20,21);2H2,1H3,(H,3,4,5);/q;;+1/p-1/b12-9-;;. The molecule has 0 aromatic rings. The maximum absolute atomic E-state index is 10.3. The van der Waals surface area contributed by atoms with Crippen LogP contribution in [-0.4, -0.2) is 41.0 Å². The minimum absolute atomic E-state index is 0. The number of hydrogen-bond donors (Lipinski definition) is 2. The third kappa shape index (κ3) is 34.2. The van der Waals surface area contributed by atoms with E-state index >= 15 is 0 Å². The van der Waals surface area contributed by atoms with Crippen LogP contribution in [-0.2, 0) is 14.9 Å². The minimum atomic E-state index is -3.91. The zero-order valence-corrected chi connectivity index (χ0v) is 22.0. The normalized spacial score (nSPS) is 12.1. The molecule has 0 radical (unpaired) electrons. The molecule has 0 aliphatic rings. The Kier molecular flexibility index (Phi) is 28.6. The average molecular weight is 447 g/mol. The molecule has 0 aromatic heterocycles. The second-order valence-corrected chi connectivity index (χ2v) is 8.45. The number of aliphatic hydroxyl groups is 1. The summed E-state index contributed by atoms with van der Waals surface area (Å²) >= 11 is 0. The van der Waals surface area contributed by atoms with E-state index in [1.165, 1.54) is 32.6 Å². The summed E-state index contributed by atoms with van der Waals surface area (Å²) in [6.07, 6.45) is 17.4. The van der Waals surface area contributed by atoms with Gasteiger partial charge in [-0.3, -0.25) is 4.79 Å². The van der Waals surface area contributed by atoms with Crippen molar-refractivity contribution in [2.24, 2.45) is 0 Å². The largest absolute Gasteiger partial charge is 1.00 e.